The molecule has 0 bridgehead atoms. The van der Waals surface area contributed by atoms with Crippen molar-refractivity contribution in [2.24, 2.45) is 15.4 Å². The minimum absolute atomic E-state index is 0.00822. The van der Waals surface area contributed by atoms with Gasteiger partial charge in [0.05, 0.1) is 29.9 Å². The number of rotatable bonds is 12. The minimum Gasteiger partial charge on any atom is -0.496 e. The molecule has 1 fully saturated rings. The molecular weight excluding hydrogens is 607 g/mol. The van der Waals surface area contributed by atoms with E-state index in [4.69, 9.17) is 9.72 Å². The fourth-order valence-corrected chi connectivity index (χ4v) is 6.58. The van der Waals surface area contributed by atoms with Crippen LogP contribution in [0.15, 0.2) is 94.3 Å². The molecule has 1 saturated heterocycles. The number of benzene rings is 3. The summed E-state index contributed by atoms with van der Waals surface area (Å²) in [4.78, 5) is 25.5. The summed E-state index contributed by atoms with van der Waals surface area (Å²) in [5, 5.41) is 11.7. The molecule has 2 unspecified atom stereocenters. The normalized spacial score (nSPS) is 17.3. The molecule has 6 rings (SSSR count). The number of imidazole rings is 1. The molecule has 48 heavy (non-hydrogen) atoms. The van der Waals surface area contributed by atoms with E-state index in [1.54, 1.807) is 30.4 Å². The summed E-state index contributed by atoms with van der Waals surface area (Å²) in [6.07, 6.45) is 7.74. The average molecular weight is 651 g/mol. The van der Waals surface area contributed by atoms with Crippen molar-refractivity contribution < 1.29 is 13.9 Å². The molecule has 2 aliphatic rings. The Balaban J connectivity index is 1.15. The van der Waals surface area contributed by atoms with Crippen LogP contribution in [-0.4, -0.2) is 84.9 Å². The Morgan fingerprint density at radius 1 is 1.08 bits per heavy atom. The van der Waals surface area contributed by atoms with Gasteiger partial charge in [0, 0.05) is 45.7 Å². The topological polar surface area (TPSA) is 90.9 Å². The van der Waals surface area contributed by atoms with Gasteiger partial charge in [0.25, 0.3) is 5.91 Å². The van der Waals surface area contributed by atoms with Gasteiger partial charge in [-0.1, -0.05) is 42.5 Å². The molecule has 2 aliphatic heterocycles. The third kappa shape index (κ3) is 7.46. The van der Waals surface area contributed by atoms with Gasteiger partial charge in [-0.25, -0.2) is 9.37 Å². The average Bonchev–Trinajstić information content (AvgIpc) is 3.72. The summed E-state index contributed by atoms with van der Waals surface area (Å²) >= 11 is 0. The highest BCUT2D eigenvalue weighted by Crippen LogP contribution is 2.29. The molecule has 0 aliphatic carbocycles. The quantitative estimate of drug-likeness (QED) is 0.159. The zero-order valence-corrected chi connectivity index (χ0v) is 27.9. The van der Waals surface area contributed by atoms with E-state index in [1.165, 1.54) is 12.1 Å². The predicted molar refractivity (Wildman–Crippen MR) is 188 cm³/mol. The first-order valence-electron chi connectivity index (χ1n) is 16.6. The largest absolute Gasteiger partial charge is 0.496 e. The second-order valence-electron chi connectivity index (χ2n) is 12.4. The van der Waals surface area contributed by atoms with Crippen LogP contribution >= 0.6 is 0 Å². The van der Waals surface area contributed by atoms with Crippen LogP contribution in [0, 0.1) is 5.82 Å². The molecule has 0 saturated carbocycles. The summed E-state index contributed by atoms with van der Waals surface area (Å²) in [6.45, 7) is 7.85. The molecule has 3 heterocycles. The van der Waals surface area contributed by atoms with E-state index in [-0.39, 0.29) is 23.7 Å². The zero-order valence-electron chi connectivity index (χ0n) is 27.9. The van der Waals surface area contributed by atoms with Gasteiger partial charge in [0.15, 0.2) is 0 Å². The van der Waals surface area contributed by atoms with Gasteiger partial charge in [0.1, 0.15) is 17.6 Å². The Labute approximate surface area is 281 Å². The van der Waals surface area contributed by atoms with Crippen LogP contribution in [0.1, 0.15) is 53.2 Å². The molecule has 0 spiro atoms. The smallest absolute Gasteiger partial charge is 0.257 e. The maximum atomic E-state index is 13.9. The van der Waals surface area contributed by atoms with E-state index < -0.39 is 0 Å². The van der Waals surface area contributed by atoms with E-state index >= 15 is 0 Å². The first kappa shape index (κ1) is 33.0. The Morgan fingerprint density at radius 3 is 2.69 bits per heavy atom. The number of hydrogen-bond acceptors (Lipinski definition) is 8. The van der Waals surface area contributed by atoms with Crippen LogP contribution in [0.2, 0.25) is 0 Å². The van der Waals surface area contributed by atoms with Crippen LogP contribution in [0.4, 0.5) is 10.3 Å². The summed E-state index contributed by atoms with van der Waals surface area (Å²) < 4.78 is 21.8. The second-order valence-corrected chi connectivity index (χ2v) is 12.4. The van der Waals surface area contributed by atoms with Crippen molar-refractivity contribution in [2.75, 3.05) is 58.3 Å². The highest BCUT2D eigenvalue weighted by atomic mass is 19.1. The molecule has 4 aromatic rings. The number of aromatic nitrogens is 2. The van der Waals surface area contributed by atoms with E-state index in [2.05, 4.69) is 60.2 Å². The summed E-state index contributed by atoms with van der Waals surface area (Å²) in [6, 6.07) is 20.1. The number of fused-ring (bicyclic) bond motifs is 1. The second kappa shape index (κ2) is 15.3. The number of ether oxygens (including phenoxy) is 1. The lowest BCUT2D eigenvalue weighted by Crippen LogP contribution is -2.35. The van der Waals surface area contributed by atoms with Crippen molar-refractivity contribution in [1.82, 2.24) is 19.4 Å². The lowest BCUT2D eigenvalue weighted by atomic mass is 9.94. The van der Waals surface area contributed by atoms with Gasteiger partial charge >= 0.3 is 0 Å². The SMILES string of the molecule is CC=CCn1c(N2CCCN(CCC(CN(C)C(=O)c3cc(C4C=NN=N4)ccc3OC)c3ccc(F)cc3)CC2)nc2ccccc21. The monoisotopic (exact) mass is 650 g/mol. The molecule has 11 heteroatoms. The fraction of sp³-hybridized carbons (Fsp3) is 0.378. The zero-order chi connectivity index (χ0) is 33.5. The standard InChI is InChI=1S/C37H43FN8O2/c1-4-5-20-46-34-10-7-6-9-32(34)40-37(46)45-19-8-18-44(22-23-45)21-17-29(27-11-14-30(38)15-12-27)26-43(2)36(47)31-24-28(13-16-35(31)48-3)33-25-39-42-41-33/h4-7,9-16,24-25,29,33H,8,17-23,26H2,1-3H3. The number of hydrogen-bond donors (Lipinski definition) is 0. The number of amides is 1. The van der Waals surface area contributed by atoms with Crippen molar-refractivity contribution >= 4 is 29.1 Å². The van der Waals surface area contributed by atoms with Crippen molar-refractivity contribution in [3.05, 3.63) is 101 Å². The Hall–Kier alpha value is -4.90. The van der Waals surface area contributed by atoms with Gasteiger partial charge in [0.2, 0.25) is 5.95 Å². The molecule has 0 N–H and O–H groups in total. The lowest BCUT2D eigenvalue weighted by Gasteiger charge is -2.28. The molecule has 3 aromatic carbocycles. The minimum atomic E-state index is -0.323. The number of halogens is 1. The Bertz CT molecular complexity index is 1790. The van der Waals surface area contributed by atoms with E-state index in [9.17, 15) is 9.18 Å². The number of nitrogens with zero attached hydrogens (tertiary/aromatic N) is 8. The molecule has 250 valence electrons. The molecule has 1 aromatic heterocycles. The summed E-state index contributed by atoms with van der Waals surface area (Å²) in [5.74, 6) is 1.09. The van der Waals surface area contributed by atoms with Crippen molar-refractivity contribution in [1.29, 1.82) is 0 Å². The summed E-state index contributed by atoms with van der Waals surface area (Å²) in [7, 11) is 3.37. The van der Waals surface area contributed by atoms with E-state index in [0.717, 1.165) is 80.2 Å². The predicted octanol–water partition coefficient (Wildman–Crippen LogP) is 6.71. The highest BCUT2D eigenvalue weighted by molar-refractivity contribution is 5.97. The molecule has 1 amide bonds. The van der Waals surface area contributed by atoms with Crippen LogP contribution in [0.5, 0.6) is 5.75 Å². The van der Waals surface area contributed by atoms with Gasteiger partial charge in [-0.05, 0) is 85.6 Å². The number of methoxy groups -OCH3 is 1. The first-order chi connectivity index (χ1) is 23.4. The number of carbonyl (C=O) groups excluding carboxylic acids is 1. The maximum absolute atomic E-state index is 13.9. The number of anilines is 1. The molecule has 10 nitrogen and oxygen atoms in total. The van der Waals surface area contributed by atoms with Crippen molar-refractivity contribution in [3.63, 3.8) is 0 Å². The number of para-hydroxylation sites is 2. The lowest BCUT2D eigenvalue weighted by molar-refractivity contribution is 0.0779. The number of allylic oxidation sites excluding steroid dienone is 2. The van der Waals surface area contributed by atoms with Crippen molar-refractivity contribution in [3.8, 4) is 5.75 Å². The maximum Gasteiger partial charge on any atom is 0.257 e. The van der Waals surface area contributed by atoms with Gasteiger partial charge in [-0.3, -0.25) is 4.79 Å². The van der Waals surface area contributed by atoms with Crippen LogP contribution in [0.25, 0.3) is 11.0 Å². The molecule has 2 atom stereocenters. The molecule has 0 radical (unpaired) electrons. The fourth-order valence-electron chi connectivity index (χ4n) is 6.58. The van der Waals surface area contributed by atoms with Gasteiger partial charge < -0.3 is 24.0 Å². The van der Waals surface area contributed by atoms with E-state index in [0.29, 0.717) is 17.9 Å². The highest BCUT2D eigenvalue weighted by Gasteiger charge is 2.25. The van der Waals surface area contributed by atoms with Crippen LogP contribution < -0.4 is 9.64 Å². The Morgan fingerprint density at radius 2 is 1.92 bits per heavy atom. The Kier molecular flexibility index (Phi) is 10.5. The van der Waals surface area contributed by atoms with Crippen LogP contribution in [0.3, 0.4) is 0 Å². The number of carbonyl (C=O) groups is 1. The number of likely N-dealkylation sites (N-methyl/N-ethyl adjacent to an activating group) is 1. The van der Waals surface area contributed by atoms with Crippen LogP contribution in [-0.2, 0) is 6.54 Å². The first-order valence-corrected chi connectivity index (χ1v) is 16.6. The third-order valence-corrected chi connectivity index (χ3v) is 9.24. The summed E-state index contributed by atoms with van der Waals surface area (Å²) in [5.41, 5.74) is 4.45. The third-order valence-electron chi connectivity index (χ3n) is 9.24. The molecular formula is C37H43FN8O2. The van der Waals surface area contributed by atoms with Crippen molar-refractivity contribution in [2.45, 2.75) is 38.3 Å². The van der Waals surface area contributed by atoms with E-state index in [1.807, 2.05) is 38.2 Å². The van der Waals surface area contributed by atoms with Gasteiger partial charge in [-0.2, -0.15) is 5.11 Å². The van der Waals surface area contributed by atoms with Gasteiger partial charge in [-0.15, -0.1) is 5.10 Å².